The number of likely N-dealkylation sites (N-methyl/N-ethyl adjacent to an activating group) is 2. The predicted octanol–water partition coefficient (Wildman–Crippen LogP) is 2.98. The molecule has 0 aromatic heterocycles. The largest absolute Gasteiger partial charge is 0.397 e. The number of anilines is 4. The van der Waals surface area contributed by atoms with E-state index >= 15 is 0 Å². The van der Waals surface area contributed by atoms with Crippen LogP contribution in [0.5, 0.6) is 0 Å². The molecule has 4 N–H and O–H groups in total. The number of piperazine rings is 2. The van der Waals surface area contributed by atoms with Gasteiger partial charge in [-0.2, -0.15) is 0 Å². The number of nitrogens with two attached hydrogens (primary N) is 2. The van der Waals surface area contributed by atoms with E-state index in [1.54, 1.807) is 0 Å². The first-order valence-electron chi connectivity index (χ1n) is 12.6. The number of carbonyl (C=O) groups excluding carboxylic acids is 1. The van der Waals surface area contributed by atoms with E-state index in [1.807, 2.05) is 38.1 Å². The Labute approximate surface area is 204 Å². The van der Waals surface area contributed by atoms with Crippen molar-refractivity contribution in [3.05, 3.63) is 46.5 Å². The topological polar surface area (TPSA) is 82.1 Å². The second-order valence-corrected chi connectivity index (χ2v) is 9.56. The summed E-state index contributed by atoms with van der Waals surface area (Å²) in [5, 5.41) is 0. The maximum Gasteiger partial charge on any atom is 0.197 e. The highest BCUT2D eigenvalue weighted by molar-refractivity contribution is 6.18. The number of nitrogens with zero attached hydrogens (tertiary/aromatic N) is 4. The molecule has 34 heavy (non-hydrogen) atoms. The standard InChI is InChI=1S/C27H40N6O/c1-5-30-11-15-32(16-12-30)25-21(9-7-19(3)23(25)28)27(34)22-10-8-20(4)24(29)26(22)33-17-13-31(6-2)14-18-33/h7-10H,5-6,11-18,28-29H2,1-4H3. The number of hydrogen-bond acceptors (Lipinski definition) is 7. The molecule has 4 rings (SSSR count). The molecular formula is C27H40N6O. The van der Waals surface area contributed by atoms with E-state index < -0.39 is 0 Å². The maximum absolute atomic E-state index is 14.2. The molecule has 2 aromatic carbocycles. The smallest absolute Gasteiger partial charge is 0.197 e. The van der Waals surface area contributed by atoms with Crippen molar-refractivity contribution < 1.29 is 4.79 Å². The number of aryl methyl sites for hydroxylation is 2. The first-order valence-corrected chi connectivity index (χ1v) is 12.6. The van der Waals surface area contributed by atoms with Crippen LogP contribution in [0, 0.1) is 13.8 Å². The lowest BCUT2D eigenvalue weighted by Gasteiger charge is -2.38. The summed E-state index contributed by atoms with van der Waals surface area (Å²) in [7, 11) is 0. The lowest BCUT2D eigenvalue weighted by atomic mass is 9.94. The lowest BCUT2D eigenvalue weighted by molar-refractivity contribution is 0.103. The van der Waals surface area contributed by atoms with Crippen LogP contribution in [0.1, 0.15) is 40.9 Å². The molecule has 2 heterocycles. The Bertz CT molecular complexity index is 954. The van der Waals surface area contributed by atoms with Crippen molar-refractivity contribution >= 4 is 28.5 Å². The average Bonchev–Trinajstić information content (AvgIpc) is 2.87. The van der Waals surface area contributed by atoms with Crippen molar-refractivity contribution in [1.82, 2.24) is 9.80 Å². The lowest BCUT2D eigenvalue weighted by Crippen LogP contribution is -2.47. The molecule has 2 saturated heterocycles. The highest BCUT2D eigenvalue weighted by atomic mass is 16.1. The molecule has 0 aliphatic carbocycles. The minimum absolute atomic E-state index is 0.000702. The van der Waals surface area contributed by atoms with Gasteiger partial charge in [0.1, 0.15) is 0 Å². The van der Waals surface area contributed by atoms with Gasteiger partial charge in [0.25, 0.3) is 0 Å². The Morgan fingerprint density at radius 2 is 1.03 bits per heavy atom. The molecule has 2 aromatic rings. The SMILES string of the molecule is CCN1CCN(c2c(C(=O)c3ccc(C)c(N)c3N3CCN(CC)CC3)ccc(C)c2N)CC1. The molecule has 2 aliphatic heterocycles. The summed E-state index contributed by atoms with van der Waals surface area (Å²) >= 11 is 0. The maximum atomic E-state index is 14.2. The van der Waals surface area contributed by atoms with Gasteiger partial charge in [0, 0.05) is 63.5 Å². The second-order valence-electron chi connectivity index (χ2n) is 9.56. The van der Waals surface area contributed by atoms with E-state index in [0.29, 0.717) is 22.5 Å². The molecular weight excluding hydrogens is 424 g/mol. The van der Waals surface area contributed by atoms with Crippen LogP contribution in [-0.4, -0.2) is 81.0 Å². The van der Waals surface area contributed by atoms with E-state index in [4.69, 9.17) is 11.5 Å². The van der Waals surface area contributed by atoms with Gasteiger partial charge in [0.05, 0.1) is 22.7 Å². The summed E-state index contributed by atoms with van der Waals surface area (Å²) in [5.74, 6) is -0.000702. The summed E-state index contributed by atoms with van der Waals surface area (Å²) in [6, 6.07) is 7.83. The fraction of sp³-hybridized carbons (Fsp3) is 0.519. The number of nitrogen functional groups attached to an aromatic ring is 2. The highest BCUT2D eigenvalue weighted by Crippen LogP contribution is 2.38. The van der Waals surface area contributed by atoms with Gasteiger partial charge in [-0.05, 0) is 50.2 Å². The summed E-state index contributed by atoms with van der Waals surface area (Å²) in [5.41, 5.74) is 19.7. The summed E-state index contributed by atoms with van der Waals surface area (Å²) in [6.07, 6.45) is 0. The number of ketones is 1. The predicted molar refractivity (Wildman–Crippen MR) is 143 cm³/mol. The Morgan fingerprint density at radius 1 is 0.676 bits per heavy atom. The molecule has 0 unspecified atom stereocenters. The van der Waals surface area contributed by atoms with Gasteiger partial charge in [0.2, 0.25) is 0 Å². The zero-order valence-corrected chi connectivity index (χ0v) is 21.2. The van der Waals surface area contributed by atoms with E-state index in [9.17, 15) is 4.79 Å². The normalized spacial score (nSPS) is 17.9. The fourth-order valence-corrected chi connectivity index (χ4v) is 5.19. The number of carbonyl (C=O) groups is 1. The number of benzene rings is 2. The summed E-state index contributed by atoms with van der Waals surface area (Å²) in [6.45, 7) is 17.8. The van der Waals surface area contributed by atoms with E-state index in [2.05, 4.69) is 33.4 Å². The molecule has 0 atom stereocenters. The molecule has 0 amide bonds. The van der Waals surface area contributed by atoms with Crippen molar-refractivity contribution in [3.63, 3.8) is 0 Å². The quantitative estimate of drug-likeness (QED) is 0.502. The zero-order valence-electron chi connectivity index (χ0n) is 21.2. The fourth-order valence-electron chi connectivity index (χ4n) is 5.19. The van der Waals surface area contributed by atoms with Crippen LogP contribution < -0.4 is 21.3 Å². The number of rotatable bonds is 6. The van der Waals surface area contributed by atoms with Gasteiger partial charge in [-0.1, -0.05) is 26.0 Å². The molecule has 7 heteroatoms. The van der Waals surface area contributed by atoms with Gasteiger partial charge >= 0.3 is 0 Å². The van der Waals surface area contributed by atoms with Gasteiger partial charge in [0.15, 0.2) is 5.78 Å². The Hall–Kier alpha value is -2.77. The van der Waals surface area contributed by atoms with Crippen LogP contribution in [0.2, 0.25) is 0 Å². The highest BCUT2D eigenvalue weighted by Gasteiger charge is 2.29. The van der Waals surface area contributed by atoms with Crippen LogP contribution in [-0.2, 0) is 0 Å². The van der Waals surface area contributed by atoms with E-state index in [0.717, 1.165) is 87.9 Å². The molecule has 0 saturated carbocycles. The number of hydrogen-bond donors (Lipinski definition) is 2. The third-order valence-electron chi connectivity index (χ3n) is 7.63. The van der Waals surface area contributed by atoms with E-state index in [-0.39, 0.29) is 5.78 Å². The molecule has 2 aliphatic rings. The summed E-state index contributed by atoms with van der Waals surface area (Å²) < 4.78 is 0. The Morgan fingerprint density at radius 3 is 1.35 bits per heavy atom. The van der Waals surface area contributed by atoms with Crippen LogP contribution >= 0.6 is 0 Å². The minimum atomic E-state index is -0.000702. The third-order valence-corrected chi connectivity index (χ3v) is 7.63. The molecule has 0 radical (unpaired) electrons. The molecule has 7 nitrogen and oxygen atoms in total. The van der Waals surface area contributed by atoms with Crippen molar-refractivity contribution in [1.29, 1.82) is 0 Å². The van der Waals surface area contributed by atoms with Crippen LogP contribution in [0.4, 0.5) is 22.7 Å². The zero-order chi connectivity index (χ0) is 24.4. The third kappa shape index (κ3) is 4.59. The molecule has 0 bridgehead atoms. The minimum Gasteiger partial charge on any atom is -0.397 e. The molecule has 184 valence electrons. The second kappa shape index (κ2) is 10.2. The first-order chi connectivity index (χ1) is 16.3. The van der Waals surface area contributed by atoms with Crippen molar-refractivity contribution in [2.24, 2.45) is 0 Å². The van der Waals surface area contributed by atoms with Gasteiger partial charge in [-0.15, -0.1) is 0 Å². The van der Waals surface area contributed by atoms with Crippen molar-refractivity contribution in [2.75, 3.05) is 86.7 Å². The summed E-state index contributed by atoms with van der Waals surface area (Å²) in [4.78, 5) is 23.6. The van der Waals surface area contributed by atoms with Crippen molar-refractivity contribution in [2.45, 2.75) is 27.7 Å². The Balaban J connectivity index is 1.74. The van der Waals surface area contributed by atoms with Gasteiger partial charge < -0.3 is 31.1 Å². The van der Waals surface area contributed by atoms with Gasteiger partial charge in [-0.25, -0.2) is 0 Å². The van der Waals surface area contributed by atoms with Crippen LogP contribution in [0.15, 0.2) is 24.3 Å². The van der Waals surface area contributed by atoms with E-state index in [1.165, 1.54) is 0 Å². The monoisotopic (exact) mass is 464 g/mol. The molecule has 0 spiro atoms. The average molecular weight is 465 g/mol. The van der Waals surface area contributed by atoms with Crippen LogP contribution in [0.3, 0.4) is 0 Å². The first kappa shape index (κ1) is 24.4. The van der Waals surface area contributed by atoms with Crippen molar-refractivity contribution in [3.8, 4) is 0 Å². The Kier molecular flexibility index (Phi) is 7.33. The van der Waals surface area contributed by atoms with Crippen LogP contribution in [0.25, 0.3) is 0 Å². The van der Waals surface area contributed by atoms with Gasteiger partial charge in [-0.3, -0.25) is 4.79 Å². The molecule has 2 fully saturated rings.